The summed E-state index contributed by atoms with van der Waals surface area (Å²) < 4.78 is 48.5. The maximum atomic E-state index is 14.0. The number of carbonyl (C=O) groups is 2. The quantitative estimate of drug-likeness (QED) is 0.320. The number of hydrogen-bond donors (Lipinski definition) is 2. The normalized spacial score (nSPS) is 23.7. The molecule has 4 atom stereocenters. The number of hydrogen-bond acceptors (Lipinski definition) is 8. The van der Waals surface area contributed by atoms with Crippen LogP contribution >= 0.6 is 27.5 Å². The predicted molar refractivity (Wildman–Crippen MR) is 155 cm³/mol. The number of piperidine rings is 1. The van der Waals surface area contributed by atoms with Crippen LogP contribution in [0.25, 0.3) is 5.78 Å². The molecule has 2 amide bonds. The third kappa shape index (κ3) is 4.68. The minimum Gasteiger partial charge on any atom is -0.505 e. The number of amides is 2. The number of rotatable bonds is 4. The average Bonchev–Trinajstić information content (AvgIpc) is 3.61. The summed E-state index contributed by atoms with van der Waals surface area (Å²) in [5.74, 6) is -1.49. The molecule has 1 saturated carbocycles. The average molecular weight is 709 g/mol. The van der Waals surface area contributed by atoms with Crippen LogP contribution in [0.15, 0.2) is 46.1 Å². The zero-order chi connectivity index (χ0) is 32.0. The Labute approximate surface area is 264 Å². The number of halogens is 5. The first-order chi connectivity index (χ1) is 21.3. The van der Waals surface area contributed by atoms with E-state index in [1.54, 1.807) is 11.8 Å². The molecule has 4 aromatic rings. The number of fused-ring (bicyclic) bond motifs is 5. The van der Waals surface area contributed by atoms with Crippen molar-refractivity contribution < 1.29 is 32.6 Å². The van der Waals surface area contributed by atoms with E-state index in [1.807, 2.05) is 0 Å². The zero-order valence-electron chi connectivity index (χ0n) is 23.2. The molecule has 1 spiro atoms. The summed E-state index contributed by atoms with van der Waals surface area (Å²) in [6.07, 6.45) is -3.05. The molecule has 12 nitrogen and oxygen atoms in total. The van der Waals surface area contributed by atoms with Crippen molar-refractivity contribution in [1.29, 1.82) is 0 Å². The van der Waals surface area contributed by atoms with Crippen molar-refractivity contribution in [3.05, 3.63) is 79.2 Å². The highest BCUT2D eigenvalue weighted by atomic mass is 79.9. The predicted octanol–water partition coefficient (Wildman–Crippen LogP) is 4.29. The molecule has 1 aliphatic carbocycles. The van der Waals surface area contributed by atoms with Crippen LogP contribution < -0.4 is 10.9 Å². The highest BCUT2D eigenvalue weighted by Crippen LogP contribution is 2.60. The van der Waals surface area contributed by atoms with E-state index in [2.05, 4.69) is 36.3 Å². The van der Waals surface area contributed by atoms with Gasteiger partial charge in [0.2, 0.25) is 16.4 Å². The Morgan fingerprint density at radius 3 is 2.78 bits per heavy atom. The van der Waals surface area contributed by atoms with Crippen molar-refractivity contribution in [2.24, 2.45) is 5.92 Å². The molecule has 2 fully saturated rings. The molecule has 17 heteroatoms. The number of anilines is 1. The van der Waals surface area contributed by atoms with Gasteiger partial charge in [-0.25, -0.2) is 4.98 Å². The van der Waals surface area contributed by atoms with E-state index in [1.165, 1.54) is 22.9 Å². The van der Waals surface area contributed by atoms with E-state index in [9.17, 15) is 32.7 Å². The summed E-state index contributed by atoms with van der Waals surface area (Å²) in [7, 11) is 0. The maximum Gasteiger partial charge on any atom is 0.416 e. The smallest absolute Gasteiger partial charge is 0.416 e. The summed E-state index contributed by atoms with van der Waals surface area (Å²) in [6.45, 7) is 1.57. The highest BCUT2D eigenvalue weighted by Gasteiger charge is 2.65. The van der Waals surface area contributed by atoms with Crippen molar-refractivity contribution in [3.8, 4) is 5.75 Å². The van der Waals surface area contributed by atoms with Gasteiger partial charge in [0.05, 0.1) is 33.6 Å². The van der Waals surface area contributed by atoms with Gasteiger partial charge >= 0.3 is 6.18 Å². The van der Waals surface area contributed by atoms with Gasteiger partial charge in [-0.1, -0.05) is 11.6 Å². The summed E-state index contributed by atoms with van der Waals surface area (Å²) >= 11 is 9.26. The van der Waals surface area contributed by atoms with Gasteiger partial charge in [0, 0.05) is 24.7 Å². The fourth-order valence-electron chi connectivity index (χ4n) is 6.65. The van der Waals surface area contributed by atoms with Gasteiger partial charge in [-0.05, 0) is 66.0 Å². The molecule has 5 heterocycles. The number of benzene rings is 1. The van der Waals surface area contributed by atoms with Crippen LogP contribution in [0.3, 0.4) is 0 Å². The molecule has 2 N–H and O–H groups in total. The van der Waals surface area contributed by atoms with Gasteiger partial charge in [-0.2, -0.15) is 22.7 Å². The molecular formula is C28H22BrClF3N7O5. The van der Waals surface area contributed by atoms with Crippen LogP contribution in [0.1, 0.15) is 53.2 Å². The Kier molecular flexibility index (Phi) is 6.76. The van der Waals surface area contributed by atoms with E-state index in [0.717, 1.165) is 22.7 Å². The van der Waals surface area contributed by atoms with Crippen molar-refractivity contribution in [1.82, 2.24) is 29.0 Å². The molecule has 0 radical (unpaired) electrons. The molecular weight excluding hydrogens is 687 g/mol. The summed E-state index contributed by atoms with van der Waals surface area (Å²) in [6, 6.07) is 5.23. The number of nitrogens with zero attached hydrogens (tertiary/aromatic N) is 6. The first-order valence-electron chi connectivity index (χ1n) is 13.8. The van der Waals surface area contributed by atoms with Gasteiger partial charge < -0.3 is 24.6 Å². The monoisotopic (exact) mass is 707 g/mol. The van der Waals surface area contributed by atoms with E-state index in [0.29, 0.717) is 17.7 Å². The van der Waals surface area contributed by atoms with Gasteiger partial charge in [-0.3, -0.25) is 14.4 Å². The van der Waals surface area contributed by atoms with Crippen LogP contribution in [0.4, 0.5) is 18.9 Å². The first-order valence-corrected chi connectivity index (χ1v) is 15.0. The van der Waals surface area contributed by atoms with Gasteiger partial charge in [-0.15, -0.1) is 5.10 Å². The number of aromatic nitrogens is 5. The molecule has 3 aliphatic rings. The lowest BCUT2D eigenvalue weighted by Gasteiger charge is -2.38. The fourth-order valence-corrected chi connectivity index (χ4v) is 7.20. The summed E-state index contributed by atoms with van der Waals surface area (Å²) in [5, 5.41) is 16.6. The topological polar surface area (TPSA) is 144 Å². The zero-order valence-corrected chi connectivity index (χ0v) is 25.5. The van der Waals surface area contributed by atoms with Crippen LogP contribution in [0.5, 0.6) is 5.75 Å². The van der Waals surface area contributed by atoms with Gasteiger partial charge in [0.1, 0.15) is 17.9 Å². The van der Waals surface area contributed by atoms with Gasteiger partial charge in [0.15, 0.2) is 5.69 Å². The van der Waals surface area contributed by atoms with Crippen LogP contribution in [0.2, 0.25) is 5.02 Å². The number of aromatic hydroxyl groups is 1. The number of alkyl halides is 3. The van der Waals surface area contributed by atoms with Crippen LogP contribution in [-0.2, 0) is 27.9 Å². The lowest BCUT2D eigenvalue weighted by atomic mass is 9.83. The number of nitrogens with one attached hydrogen (secondary N) is 1. The highest BCUT2D eigenvalue weighted by molar-refractivity contribution is 9.10. The lowest BCUT2D eigenvalue weighted by molar-refractivity contribution is -0.137. The van der Waals surface area contributed by atoms with Crippen molar-refractivity contribution in [2.75, 3.05) is 11.9 Å². The Morgan fingerprint density at radius 1 is 1.29 bits per heavy atom. The first kappa shape index (κ1) is 29.7. The molecule has 4 unspecified atom stereocenters. The third-order valence-electron chi connectivity index (χ3n) is 8.56. The second kappa shape index (κ2) is 10.3. The Bertz CT molecular complexity index is 1980. The summed E-state index contributed by atoms with van der Waals surface area (Å²) in [5.41, 5.74) is -1.88. The van der Waals surface area contributed by atoms with E-state index in [4.69, 9.17) is 16.3 Å². The van der Waals surface area contributed by atoms with E-state index in [-0.39, 0.29) is 57.6 Å². The molecule has 2 aliphatic heterocycles. The van der Waals surface area contributed by atoms with Crippen molar-refractivity contribution in [3.63, 3.8) is 0 Å². The Balaban J connectivity index is 1.24. The Hall–Kier alpha value is -4.02. The summed E-state index contributed by atoms with van der Waals surface area (Å²) in [4.78, 5) is 50.6. The minimum atomic E-state index is -4.61. The standard InChI is InChI=1S/C28H22BrClF3N7O5/c1-12-22-20(27(45-12)6-8-38(17-10-14(17)27)24(44)21-18(41)3-2-7-34-21)23(43)40-26(36-25(29)37-40)39(22)11-19(42)35-16-5-4-13(9-15(16)30)28(31,32)33/h2-5,7,9,12,14,17,41H,6,8,10-11H2,1H3,(H,35,42). The molecule has 45 heavy (non-hydrogen) atoms. The second-order valence-corrected chi connectivity index (χ2v) is 12.3. The molecule has 1 saturated heterocycles. The largest absolute Gasteiger partial charge is 0.505 e. The molecule has 7 rings (SSSR count). The van der Waals surface area contributed by atoms with Gasteiger partial charge in [0.25, 0.3) is 11.5 Å². The SMILES string of the molecule is CC1OC2(CCN(C(=O)c3ncccc3O)C3CC32)c2c1n(CC(=O)Nc1ccc(C(F)(F)F)cc1Cl)c1nc(Br)nn1c2=O. The molecule has 234 valence electrons. The minimum absolute atomic E-state index is 0.0244. The number of likely N-dealkylation sites (tertiary alicyclic amines) is 1. The molecule has 1 aromatic carbocycles. The number of ether oxygens (including phenoxy) is 1. The van der Waals surface area contributed by atoms with Crippen LogP contribution in [0, 0.1) is 5.92 Å². The second-order valence-electron chi connectivity index (χ2n) is 11.2. The number of carbonyl (C=O) groups excluding carboxylic acids is 2. The lowest BCUT2D eigenvalue weighted by Crippen LogP contribution is -2.48. The molecule has 3 aromatic heterocycles. The van der Waals surface area contributed by atoms with Crippen molar-refractivity contribution in [2.45, 2.75) is 50.2 Å². The van der Waals surface area contributed by atoms with E-state index < -0.39 is 47.4 Å². The Morgan fingerprint density at radius 2 is 2.07 bits per heavy atom. The van der Waals surface area contributed by atoms with Crippen molar-refractivity contribution >= 4 is 50.8 Å². The number of pyridine rings is 1. The maximum absolute atomic E-state index is 14.0. The fraction of sp³-hybridized carbons (Fsp3) is 0.357. The van der Waals surface area contributed by atoms with E-state index >= 15 is 0 Å². The third-order valence-corrected chi connectivity index (χ3v) is 9.20. The van der Waals surface area contributed by atoms with Crippen LogP contribution in [-0.4, -0.2) is 58.6 Å². The molecule has 0 bridgehead atoms.